The molecule has 0 radical (unpaired) electrons. The number of hydrogen-bond donors (Lipinski definition) is 2. The standard InChI is InChI=1S/C14H13NO5/c1-2-20-12(16)6-8-3-4-9-11(5-8)15-7-10(13(9)17)14(18)19/h3-5,7H,2,6H2,1H3,(H,15,17)(H,18,19). The number of carboxylic acids is 1. The Morgan fingerprint density at radius 1 is 1.35 bits per heavy atom. The van der Waals surface area contributed by atoms with E-state index in [0.29, 0.717) is 17.7 Å². The van der Waals surface area contributed by atoms with Gasteiger partial charge in [0, 0.05) is 17.1 Å². The van der Waals surface area contributed by atoms with Crippen molar-refractivity contribution in [2.75, 3.05) is 6.61 Å². The summed E-state index contributed by atoms with van der Waals surface area (Å²) in [6, 6.07) is 4.76. The number of H-pyrrole nitrogens is 1. The Hall–Kier alpha value is -2.63. The maximum absolute atomic E-state index is 11.9. The molecule has 0 spiro atoms. The van der Waals surface area contributed by atoms with Gasteiger partial charge in [-0.3, -0.25) is 9.59 Å². The fourth-order valence-electron chi connectivity index (χ4n) is 1.92. The largest absolute Gasteiger partial charge is 0.477 e. The van der Waals surface area contributed by atoms with Crippen LogP contribution in [0.4, 0.5) is 0 Å². The predicted octanol–water partition coefficient (Wildman–Crippen LogP) is 1.33. The minimum Gasteiger partial charge on any atom is -0.477 e. The lowest BCUT2D eigenvalue weighted by Crippen LogP contribution is -2.15. The van der Waals surface area contributed by atoms with Gasteiger partial charge in [-0.05, 0) is 24.6 Å². The highest BCUT2D eigenvalue weighted by Gasteiger charge is 2.12. The van der Waals surface area contributed by atoms with Crippen LogP contribution >= 0.6 is 0 Å². The van der Waals surface area contributed by atoms with Crippen LogP contribution in [0.2, 0.25) is 0 Å². The van der Waals surface area contributed by atoms with Crippen LogP contribution in [-0.4, -0.2) is 28.6 Å². The van der Waals surface area contributed by atoms with Crippen molar-refractivity contribution in [3.05, 3.63) is 45.7 Å². The van der Waals surface area contributed by atoms with E-state index in [1.165, 1.54) is 6.07 Å². The van der Waals surface area contributed by atoms with Crippen molar-refractivity contribution in [3.8, 4) is 0 Å². The lowest BCUT2D eigenvalue weighted by atomic mass is 10.1. The van der Waals surface area contributed by atoms with Crippen molar-refractivity contribution in [2.45, 2.75) is 13.3 Å². The zero-order valence-corrected chi connectivity index (χ0v) is 10.8. The molecule has 0 fully saturated rings. The number of carbonyl (C=O) groups excluding carboxylic acids is 1. The van der Waals surface area contributed by atoms with Crippen LogP contribution in [0.3, 0.4) is 0 Å². The Kier molecular flexibility index (Phi) is 3.84. The lowest BCUT2D eigenvalue weighted by molar-refractivity contribution is -0.142. The van der Waals surface area contributed by atoms with Crippen LogP contribution < -0.4 is 5.43 Å². The second-order valence-electron chi connectivity index (χ2n) is 4.20. The quantitative estimate of drug-likeness (QED) is 0.820. The molecule has 1 aromatic carbocycles. The number of benzene rings is 1. The summed E-state index contributed by atoms with van der Waals surface area (Å²) in [6.45, 7) is 2.04. The molecule has 0 aliphatic heterocycles. The summed E-state index contributed by atoms with van der Waals surface area (Å²) in [5.41, 5.74) is 0.320. The molecule has 0 saturated heterocycles. The molecule has 0 atom stereocenters. The first-order valence-corrected chi connectivity index (χ1v) is 6.06. The third-order valence-corrected chi connectivity index (χ3v) is 2.83. The van der Waals surface area contributed by atoms with Gasteiger partial charge >= 0.3 is 11.9 Å². The zero-order chi connectivity index (χ0) is 14.7. The van der Waals surface area contributed by atoms with Crippen LogP contribution in [0.15, 0.2) is 29.2 Å². The highest BCUT2D eigenvalue weighted by Crippen LogP contribution is 2.12. The predicted molar refractivity (Wildman–Crippen MR) is 71.9 cm³/mol. The molecule has 2 aromatic rings. The molecule has 0 amide bonds. The van der Waals surface area contributed by atoms with Crippen LogP contribution in [0.1, 0.15) is 22.8 Å². The molecule has 104 valence electrons. The van der Waals surface area contributed by atoms with Gasteiger partial charge in [-0.1, -0.05) is 6.07 Å². The summed E-state index contributed by atoms with van der Waals surface area (Å²) in [4.78, 5) is 36.9. The number of carbonyl (C=O) groups is 2. The number of rotatable bonds is 4. The summed E-state index contributed by atoms with van der Waals surface area (Å²) in [7, 11) is 0. The molecule has 1 aromatic heterocycles. The number of nitrogens with one attached hydrogen (secondary N) is 1. The summed E-state index contributed by atoms with van der Waals surface area (Å²) in [5.74, 6) is -1.62. The smallest absolute Gasteiger partial charge is 0.341 e. The number of carboxylic acid groups (broad SMARTS) is 1. The molecule has 1 heterocycles. The van der Waals surface area contributed by atoms with E-state index in [2.05, 4.69) is 4.98 Å². The number of pyridine rings is 1. The molecule has 0 aliphatic rings. The maximum Gasteiger partial charge on any atom is 0.341 e. The van der Waals surface area contributed by atoms with E-state index in [0.717, 1.165) is 6.20 Å². The van der Waals surface area contributed by atoms with Crippen molar-refractivity contribution in [1.82, 2.24) is 4.98 Å². The SMILES string of the molecule is CCOC(=O)Cc1ccc2c(=O)c(C(=O)O)c[nH]c2c1. The molecule has 2 rings (SSSR count). The first-order chi connectivity index (χ1) is 9.52. The monoisotopic (exact) mass is 275 g/mol. The van der Waals surface area contributed by atoms with Gasteiger partial charge in [0.25, 0.3) is 0 Å². The molecule has 0 unspecified atom stereocenters. The molecule has 6 heteroatoms. The number of aromatic amines is 1. The van der Waals surface area contributed by atoms with Crippen LogP contribution in [0.25, 0.3) is 10.9 Å². The minimum atomic E-state index is -1.27. The molecule has 0 aliphatic carbocycles. The maximum atomic E-state index is 11.9. The normalized spacial score (nSPS) is 10.4. The Balaban J connectivity index is 2.41. The lowest BCUT2D eigenvalue weighted by Gasteiger charge is -2.04. The average Bonchev–Trinajstić information content (AvgIpc) is 2.38. The average molecular weight is 275 g/mol. The van der Waals surface area contributed by atoms with Crippen molar-refractivity contribution >= 4 is 22.8 Å². The number of esters is 1. The summed E-state index contributed by atoms with van der Waals surface area (Å²) in [6.07, 6.45) is 1.26. The Morgan fingerprint density at radius 2 is 2.10 bits per heavy atom. The third kappa shape index (κ3) is 2.69. The van der Waals surface area contributed by atoms with E-state index in [1.807, 2.05) is 0 Å². The van der Waals surface area contributed by atoms with Gasteiger partial charge < -0.3 is 14.8 Å². The first-order valence-electron chi connectivity index (χ1n) is 6.06. The van der Waals surface area contributed by atoms with E-state index in [9.17, 15) is 14.4 Å². The Bertz CT molecular complexity index is 732. The number of hydrogen-bond acceptors (Lipinski definition) is 4. The zero-order valence-electron chi connectivity index (χ0n) is 10.8. The fraction of sp³-hybridized carbons (Fsp3) is 0.214. The van der Waals surface area contributed by atoms with Crippen LogP contribution in [-0.2, 0) is 16.0 Å². The van der Waals surface area contributed by atoms with Crippen molar-refractivity contribution in [3.63, 3.8) is 0 Å². The van der Waals surface area contributed by atoms with E-state index in [-0.39, 0.29) is 23.3 Å². The van der Waals surface area contributed by atoms with E-state index < -0.39 is 11.4 Å². The number of aromatic carboxylic acids is 1. The Labute approximate surface area is 114 Å². The van der Waals surface area contributed by atoms with Gasteiger partial charge in [0.2, 0.25) is 5.43 Å². The highest BCUT2D eigenvalue weighted by atomic mass is 16.5. The van der Waals surface area contributed by atoms with Gasteiger partial charge in [0.05, 0.1) is 13.0 Å². The molecular weight excluding hydrogens is 262 g/mol. The van der Waals surface area contributed by atoms with Gasteiger partial charge in [0.1, 0.15) is 5.56 Å². The van der Waals surface area contributed by atoms with Gasteiger partial charge in [-0.15, -0.1) is 0 Å². The summed E-state index contributed by atoms with van der Waals surface area (Å²) < 4.78 is 4.84. The van der Waals surface area contributed by atoms with Gasteiger partial charge in [-0.2, -0.15) is 0 Å². The van der Waals surface area contributed by atoms with Crippen molar-refractivity contribution in [1.29, 1.82) is 0 Å². The van der Waals surface area contributed by atoms with E-state index in [4.69, 9.17) is 9.84 Å². The highest BCUT2D eigenvalue weighted by molar-refractivity contribution is 5.92. The van der Waals surface area contributed by atoms with Gasteiger partial charge in [-0.25, -0.2) is 4.79 Å². The Morgan fingerprint density at radius 3 is 2.75 bits per heavy atom. The molecule has 6 nitrogen and oxygen atoms in total. The number of ether oxygens (including phenoxy) is 1. The molecular formula is C14H13NO5. The van der Waals surface area contributed by atoms with Crippen LogP contribution in [0.5, 0.6) is 0 Å². The molecule has 20 heavy (non-hydrogen) atoms. The third-order valence-electron chi connectivity index (χ3n) is 2.83. The summed E-state index contributed by atoms with van der Waals surface area (Å²) in [5, 5.41) is 9.15. The topological polar surface area (TPSA) is 96.5 Å². The number of aromatic nitrogens is 1. The van der Waals surface area contributed by atoms with Crippen molar-refractivity contribution < 1.29 is 19.4 Å². The second-order valence-corrected chi connectivity index (χ2v) is 4.20. The van der Waals surface area contributed by atoms with Crippen molar-refractivity contribution in [2.24, 2.45) is 0 Å². The minimum absolute atomic E-state index is 0.104. The summed E-state index contributed by atoms with van der Waals surface area (Å²) >= 11 is 0. The number of fused-ring (bicyclic) bond motifs is 1. The molecule has 2 N–H and O–H groups in total. The van der Waals surface area contributed by atoms with E-state index >= 15 is 0 Å². The molecule has 0 saturated carbocycles. The molecule has 0 bridgehead atoms. The fourth-order valence-corrected chi connectivity index (χ4v) is 1.92. The van der Waals surface area contributed by atoms with Crippen LogP contribution in [0, 0.1) is 0 Å². The second kappa shape index (κ2) is 5.56. The first kappa shape index (κ1) is 13.8. The van der Waals surface area contributed by atoms with Gasteiger partial charge in [0.15, 0.2) is 0 Å². The van der Waals surface area contributed by atoms with E-state index in [1.54, 1.807) is 19.1 Å².